The number of halogens is 1. The van der Waals surface area contributed by atoms with Gasteiger partial charge in [0, 0.05) is 11.1 Å². The third-order valence-corrected chi connectivity index (χ3v) is 4.15. The largest absolute Gasteiger partial charge is 0.339 e. The van der Waals surface area contributed by atoms with Crippen molar-refractivity contribution in [2.45, 2.75) is 6.61 Å². The number of imidazole rings is 1. The zero-order valence-electron chi connectivity index (χ0n) is 13.2. The molecule has 0 atom stereocenters. The molecule has 0 unspecified atom stereocenters. The summed E-state index contributed by atoms with van der Waals surface area (Å²) in [6.07, 6.45) is 0. The Morgan fingerprint density at radius 3 is 2.52 bits per heavy atom. The van der Waals surface area contributed by atoms with Crippen molar-refractivity contribution in [1.29, 1.82) is 0 Å². The summed E-state index contributed by atoms with van der Waals surface area (Å²) >= 11 is 0. The van der Waals surface area contributed by atoms with Crippen LogP contribution in [0.3, 0.4) is 0 Å². The van der Waals surface area contributed by atoms with Crippen molar-refractivity contribution in [3.05, 3.63) is 78.2 Å². The van der Waals surface area contributed by atoms with Gasteiger partial charge in [-0.2, -0.15) is 0 Å². The van der Waals surface area contributed by atoms with Crippen LogP contribution in [-0.2, 0) is 11.5 Å². The van der Waals surface area contributed by atoms with Crippen molar-refractivity contribution in [1.82, 2.24) is 9.97 Å². The number of hydrogen-bond donors (Lipinski definition) is 2. The predicted molar refractivity (Wildman–Crippen MR) is 94.3 cm³/mol. The number of aromatic amines is 1. The Labute approximate surface area is 143 Å². The van der Waals surface area contributed by atoms with Gasteiger partial charge in [-0.15, -0.1) is 0 Å². The maximum absolute atomic E-state index is 13.2. The summed E-state index contributed by atoms with van der Waals surface area (Å²) in [5.41, 5.74) is 2.94. The molecular weight excluding hydrogens is 319 g/mol. The molecule has 0 radical (unpaired) electrons. The van der Waals surface area contributed by atoms with Crippen LogP contribution in [0, 0.1) is 5.82 Å². The van der Waals surface area contributed by atoms with E-state index in [1.165, 1.54) is 12.1 Å². The summed E-state index contributed by atoms with van der Waals surface area (Å²) in [6, 6.07) is 20.1. The molecule has 3 aromatic carbocycles. The van der Waals surface area contributed by atoms with Gasteiger partial charge in [-0.05, 0) is 35.0 Å². The summed E-state index contributed by atoms with van der Waals surface area (Å²) in [5.74, 6) is 0.358. The lowest BCUT2D eigenvalue weighted by Gasteiger charge is -2.03. The van der Waals surface area contributed by atoms with Gasteiger partial charge in [0.1, 0.15) is 18.2 Å². The summed E-state index contributed by atoms with van der Waals surface area (Å²) in [4.78, 5) is 12.2. The Morgan fingerprint density at radius 2 is 1.72 bits per heavy atom. The third-order valence-electron chi connectivity index (χ3n) is 4.15. The van der Waals surface area contributed by atoms with Crippen molar-refractivity contribution < 1.29 is 14.5 Å². The van der Waals surface area contributed by atoms with Crippen molar-refractivity contribution in [3.63, 3.8) is 0 Å². The molecule has 0 aliphatic rings. The predicted octanol–water partition coefficient (Wildman–Crippen LogP) is 5.03. The Morgan fingerprint density at radius 1 is 0.960 bits per heavy atom. The Hall–Kier alpha value is -3.02. The average molecular weight is 334 g/mol. The van der Waals surface area contributed by atoms with Crippen LogP contribution in [0.2, 0.25) is 0 Å². The van der Waals surface area contributed by atoms with Crippen molar-refractivity contribution in [2.24, 2.45) is 0 Å². The molecule has 0 saturated carbocycles. The minimum Gasteiger partial charge on any atom is -0.339 e. The van der Waals surface area contributed by atoms with Crippen molar-refractivity contribution in [3.8, 4) is 22.6 Å². The summed E-state index contributed by atoms with van der Waals surface area (Å²) in [7, 11) is 0. The molecule has 124 valence electrons. The van der Waals surface area contributed by atoms with E-state index in [1.54, 1.807) is 12.1 Å². The van der Waals surface area contributed by atoms with Crippen molar-refractivity contribution >= 4 is 10.8 Å². The fourth-order valence-corrected chi connectivity index (χ4v) is 2.98. The third kappa shape index (κ3) is 2.91. The Bertz CT molecular complexity index is 1020. The maximum atomic E-state index is 13.2. The van der Waals surface area contributed by atoms with E-state index >= 15 is 0 Å². The molecule has 0 bridgehead atoms. The van der Waals surface area contributed by atoms with Crippen molar-refractivity contribution in [2.75, 3.05) is 0 Å². The number of hydrogen-bond acceptors (Lipinski definition) is 3. The minimum atomic E-state index is -0.312. The highest BCUT2D eigenvalue weighted by molar-refractivity contribution is 5.95. The molecule has 4 aromatic rings. The molecule has 0 aliphatic heterocycles. The molecule has 1 aromatic heterocycles. The Balaban J connectivity index is 1.88. The van der Waals surface area contributed by atoms with Gasteiger partial charge >= 0.3 is 0 Å². The molecule has 5 heteroatoms. The maximum Gasteiger partial charge on any atom is 0.138 e. The SMILES string of the molecule is OOCc1[nH]c(-c2cccc3ccccc23)nc1-c1ccc(F)cc1. The van der Waals surface area contributed by atoms with Gasteiger partial charge in [-0.25, -0.2) is 14.3 Å². The number of H-pyrrole nitrogens is 1. The van der Waals surface area contributed by atoms with E-state index in [9.17, 15) is 4.39 Å². The lowest BCUT2D eigenvalue weighted by atomic mass is 10.0. The molecule has 0 aliphatic carbocycles. The minimum absolute atomic E-state index is 0.0372. The normalized spacial score (nSPS) is 11.1. The van der Waals surface area contributed by atoms with E-state index in [-0.39, 0.29) is 12.4 Å². The molecule has 0 fully saturated rings. The number of nitrogens with zero attached hydrogens (tertiary/aromatic N) is 1. The summed E-state index contributed by atoms with van der Waals surface area (Å²) in [6.45, 7) is -0.0372. The first-order chi connectivity index (χ1) is 12.3. The second kappa shape index (κ2) is 6.47. The topological polar surface area (TPSA) is 58.1 Å². The van der Waals surface area contributed by atoms with E-state index in [2.05, 4.69) is 14.9 Å². The van der Waals surface area contributed by atoms with Gasteiger partial charge in [0.15, 0.2) is 0 Å². The van der Waals surface area contributed by atoms with Gasteiger partial charge in [0.05, 0.1) is 11.4 Å². The molecule has 0 spiro atoms. The van der Waals surface area contributed by atoms with Crippen LogP contribution in [0.15, 0.2) is 66.7 Å². The zero-order chi connectivity index (χ0) is 17.2. The highest BCUT2D eigenvalue weighted by atomic mass is 19.1. The number of benzene rings is 3. The molecule has 4 rings (SSSR count). The first kappa shape index (κ1) is 15.5. The number of rotatable bonds is 4. The zero-order valence-corrected chi connectivity index (χ0v) is 13.2. The van der Waals surface area contributed by atoms with E-state index < -0.39 is 0 Å². The molecule has 1 heterocycles. The van der Waals surface area contributed by atoms with Gasteiger partial charge in [0.25, 0.3) is 0 Å². The van der Waals surface area contributed by atoms with Crippen LogP contribution in [0.25, 0.3) is 33.4 Å². The molecular formula is C20H15FN2O2. The summed E-state index contributed by atoms with van der Waals surface area (Å²) in [5, 5.41) is 11.1. The second-order valence-electron chi connectivity index (χ2n) is 5.72. The number of fused-ring (bicyclic) bond motifs is 1. The molecule has 0 amide bonds. The smallest absolute Gasteiger partial charge is 0.138 e. The first-order valence-electron chi connectivity index (χ1n) is 7.85. The van der Waals surface area contributed by atoms with Crippen LogP contribution in [0.1, 0.15) is 5.69 Å². The van der Waals surface area contributed by atoms with Gasteiger partial charge in [-0.1, -0.05) is 42.5 Å². The van der Waals surface area contributed by atoms with Crippen LogP contribution >= 0.6 is 0 Å². The average Bonchev–Trinajstić information content (AvgIpc) is 3.06. The molecule has 25 heavy (non-hydrogen) atoms. The van der Waals surface area contributed by atoms with Gasteiger partial charge in [0.2, 0.25) is 0 Å². The fraction of sp³-hybridized carbons (Fsp3) is 0.0500. The van der Waals surface area contributed by atoms with Crippen LogP contribution in [0.5, 0.6) is 0 Å². The fourth-order valence-electron chi connectivity index (χ4n) is 2.98. The van der Waals surface area contributed by atoms with E-state index in [4.69, 9.17) is 5.26 Å². The quantitative estimate of drug-likeness (QED) is 0.407. The standard InChI is InChI=1S/C20H15FN2O2/c21-15-10-8-14(9-11-15)19-18(12-25-24)22-20(23-19)17-7-3-5-13-4-1-2-6-16(13)17/h1-11,24H,12H2,(H,22,23). The highest BCUT2D eigenvalue weighted by Crippen LogP contribution is 2.31. The molecule has 4 nitrogen and oxygen atoms in total. The number of aromatic nitrogens is 2. The van der Waals surface area contributed by atoms with E-state index in [0.717, 1.165) is 21.9 Å². The first-order valence-corrected chi connectivity index (χ1v) is 7.85. The highest BCUT2D eigenvalue weighted by Gasteiger charge is 2.15. The number of nitrogens with one attached hydrogen (secondary N) is 1. The lowest BCUT2D eigenvalue weighted by molar-refractivity contribution is -0.253. The monoisotopic (exact) mass is 334 g/mol. The van der Waals surface area contributed by atoms with E-state index in [1.807, 2.05) is 42.5 Å². The lowest BCUT2D eigenvalue weighted by Crippen LogP contribution is -1.91. The van der Waals surface area contributed by atoms with E-state index in [0.29, 0.717) is 17.2 Å². The second-order valence-corrected chi connectivity index (χ2v) is 5.72. The van der Waals surface area contributed by atoms with Gasteiger partial charge in [-0.3, -0.25) is 5.26 Å². The van der Waals surface area contributed by atoms with Crippen LogP contribution < -0.4 is 0 Å². The summed E-state index contributed by atoms with van der Waals surface area (Å²) < 4.78 is 13.2. The van der Waals surface area contributed by atoms with Crippen LogP contribution in [-0.4, -0.2) is 15.2 Å². The molecule has 2 N–H and O–H groups in total. The molecule has 0 saturated heterocycles. The van der Waals surface area contributed by atoms with Crippen LogP contribution in [0.4, 0.5) is 4.39 Å². The Kier molecular flexibility index (Phi) is 4.01. The van der Waals surface area contributed by atoms with Gasteiger partial charge < -0.3 is 4.98 Å².